The molecule has 1 aliphatic carbocycles. The molecule has 0 heterocycles. The first-order valence-electron chi connectivity index (χ1n) is 7.07. The molecule has 0 aliphatic heterocycles. The van der Waals surface area contributed by atoms with E-state index in [1.54, 1.807) is 0 Å². The minimum atomic E-state index is -0.225. The van der Waals surface area contributed by atoms with Gasteiger partial charge in [0.25, 0.3) is 0 Å². The van der Waals surface area contributed by atoms with Gasteiger partial charge in [0.15, 0.2) is 0 Å². The van der Waals surface area contributed by atoms with Crippen LogP contribution in [0.1, 0.15) is 46.0 Å². The maximum Gasteiger partial charge on any atom is 0.0580 e. The lowest BCUT2D eigenvalue weighted by atomic mass is 9.78. The molecule has 1 aliphatic rings. The number of aliphatic hydroxyl groups excluding tert-OH is 2. The SMILES string of the molecule is CCC1CCC(O)C(CN(C)CCC(C)O)C1. The van der Waals surface area contributed by atoms with E-state index in [1.165, 1.54) is 12.8 Å². The van der Waals surface area contributed by atoms with Gasteiger partial charge in [-0.15, -0.1) is 0 Å². The van der Waals surface area contributed by atoms with Crippen molar-refractivity contribution in [3.05, 3.63) is 0 Å². The summed E-state index contributed by atoms with van der Waals surface area (Å²) in [6.45, 7) is 5.95. The van der Waals surface area contributed by atoms with Crippen LogP contribution >= 0.6 is 0 Å². The van der Waals surface area contributed by atoms with Crippen LogP contribution in [0.2, 0.25) is 0 Å². The molecule has 0 aromatic carbocycles. The molecular formula is C14H29NO2. The van der Waals surface area contributed by atoms with Crippen LogP contribution in [0.25, 0.3) is 0 Å². The minimum Gasteiger partial charge on any atom is -0.393 e. The number of hydrogen-bond donors (Lipinski definition) is 2. The van der Waals surface area contributed by atoms with Crippen LogP contribution in [0.4, 0.5) is 0 Å². The highest BCUT2D eigenvalue weighted by atomic mass is 16.3. The molecule has 0 saturated heterocycles. The Hall–Kier alpha value is -0.120. The molecule has 0 amide bonds. The maximum absolute atomic E-state index is 10.0. The van der Waals surface area contributed by atoms with Gasteiger partial charge in [-0.05, 0) is 51.5 Å². The Morgan fingerprint density at radius 1 is 1.35 bits per heavy atom. The van der Waals surface area contributed by atoms with E-state index < -0.39 is 0 Å². The summed E-state index contributed by atoms with van der Waals surface area (Å²) in [7, 11) is 2.09. The zero-order valence-electron chi connectivity index (χ0n) is 11.6. The molecule has 1 fully saturated rings. The van der Waals surface area contributed by atoms with Gasteiger partial charge in [-0.1, -0.05) is 13.3 Å². The Balaban J connectivity index is 2.32. The maximum atomic E-state index is 10.0. The Morgan fingerprint density at radius 2 is 2.06 bits per heavy atom. The fraction of sp³-hybridized carbons (Fsp3) is 1.00. The molecule has 2 N–H and O–H groups in total. The van der Waals surface area contributed by atoms with Crippen molar-refractivity contribution in [2.24, 2.45) is 11.8 Å². The summed E-state index contributed by atoms with van der Waals surface area (Å²) in [6.07, 6.45) is 5.02. The summed E-state index contributed by atoms with van der Waals surface area (Å²) in [5, 5.41) is 19.3. The van der Waals surface area contributed by atoms with Crippen LogP contribution in [-0.2, 0) is 0 Å². The molecule has 1 saturated carbocycles. The van der Waals surface area contributed by atoms with Gasteiger partial charge in [0, 0.05) is 13.1 Å². The molecule has 0 aromatic rings. The van der Waals surface area contributed by atoms with Crippen molar-refractivity contribution in [1.29, 1.82) is 0 Å². The second kappa shape index (κ2) is 7.34. The van der Waals surface area contributed by atoms with Gasteiger partial charge in [-0.25, -0.2) is 0 Å². The number of rotatable bonds is 6. The van der Waals surface area contributed by atoms with Crippen LogP contribution in [0.5, 0.6) is 0 Å². The van der Waals surface area contributed by atoms with Crippen molar-refractivity contribution in [3.63, 3.8) is 0 Å². The predicted octanol–water partition coefficient (Wildman–Crippen LogP) is 1.88. The fourth-order valence-electron chi connectivity index (χ4n) is 2.81. The highest BCUT2D eigenvalue weighted by Crippen LogP contribution is 2.31. The largest absolute Gasteiger partial charge is 0.393 e. The van der Waals surface area contributed by atoms with Gasteiger partial charge >= 0.3 is 0 Å². The molecule has 17 heavy (non-hydrogen) atoms. The molecule has 0 bridgehead atoms. The lowest BCUT2D eigenvalue weighted by Crippen LogP contribution is -2.38. The molecule has 0 spiro atoms. The van der Waals surface area contributed by atoms with Crippen molar-refractivity contribution in [1.82, 2.24) is 4.90 Å². The molecule has 4 atom stereocenters. The zero-order chi connectivity index (χ0) is 12.8. The van der Waals surface area contributed by atoms with Gasteiger partial charge in [0.05, 0.1) is 12.2 Å². The third kappa shape index (κ3) is 5.36. The van der Waals surface area contributed by atoms with Crippen LogP contribution in [0.15, 0.2) is 0 Å². The molecule has 0 aromatic heterocycles. The Kier molecular flexibility index (Phi) is 6.45. The number of hydrogen-bond acceptors (Lipinski definition) is 3. The standard InChI is InChI=1S/C14H29NO2/c1-4-12-5-6-14(17)13(9-12)10-15(3)8-7-11(2)16/h11-14,16-17H,4-10H2,1-3H3. The summed E-state index contributed by atoms with van der Waals surface area (Å²) < 4.78 is 0. The lowest BCUT2D eigenvalue weighted by molar-refractivity contribution is 0.0291. The summed E-state index contributed by atoms with van der Waals surface area (Å²) in [5.41, 5.74) is 0. The van der Waals surface area contributed by atoms with E-state index in [0.717, 1.165) is 38.3 Å². The van der Waals surface area contributed by atoms with E-state index in [9.17, 15) is 10.2 Å². The van der Waals surface area contributed by atoms with Gasteiger partial charge in [-0.2, -0.15) is 0 Å². The summed E-state index contributed by atoms with van der Waals surface area (Å²) in [5.74, 6) is 1.22. The van der Waals surface area contributed by atoms with Crippen LogP contribution in [0, 0.1) is 11.8 Å². The number of aliphatic hydroxyl groups is 2. The second-order valence-electron chi connectivity index (χ2n) is 5.81. The average Bonchev–Trinajstić information content (AvgIpc) is 2.29. The molecule has 4 unspecified atom stereocenters. The topological polar surface area (TPSA) is 43.7 Å². The highest BCUT2D eigenvalue weighted by molar-refractivity contribution is 4.81. The Morgan fingerprint density at radius 3 is 2.65 bits per heavy atom. The monoisotopic (exact) mass is 243 g/mol. The molecule has 1 rings (SSSR count). The van der Waals surface area contributed by atoms with Crippen molar-refractivity contribution in [2.75, 3.05) is 20.1 Å². The van der Waals surface area contributed by atoms with Crippen molar-refractivity contribution in [2.45, 2.75) is 58.2 Å². The quantitative estimate of drug-likeness (QED) is 0.748. The average molecular weight is 243 g/mol. The number of nitrogens with zero attached hydrogens (tertiary/aromatic N) is 1. The summed E-state index contributed by atoms with van der Waals surface area (Å²) >= 11 is 0. The van der Waals surface area contributed by atoms with E-state index in [0.29, 0.717) is 5.92 Å². The summed E-state index contributed by atoms with van der Waals surface area (Å²) in [6, 6.07) is 0. The van der Waals surface area contributed by atoms with E-state index in [2.05, 4.69) is 18.9 Å². The lowest BCUT2D eigenvalue weighted by Gasteiger charge is -2.35. The van der Waals surface area contributed by atoms with E-state index in [4.69, 9.17) is 0 Å². The van der Waals surface area contributed by atoms with Crippen molar-refractivity contribution >= 4 is 0 Å². The first kappa shape index (κ1) is 14.9. The van der Waals surface area contributed by atoms with Gasteiger partial charge in [0.2, 0.25) is 0 Å². The molecule has 3 nitrogen and oxygen atoms in total. The normalized spacial score (nSPS) is 31.8. The third-order valence-corrected chi connectivity index (χ3v) is 4.10. The zero-order valence-corrected chi connectivity index (χ0v) is 11.6. The first-order chi connectivity index (χ1) is 8.02. The minimum absolute atomic E-state index is 0.119. The molecule has 102 valence electrons. The molecule has 0 radical (unpaired) electrons. The van der Waals surface area contributed by atoms with Crippen LogP contribution in [-0.4, -0.2) is 47.5 Å². The van der Waals surface area contributed by atoms with Gasteiger partial charge in [-0.3, -0.25) is 0 Å². The fourth-order valence-corrected chi connectivity index (χ4v) is 2.81. The van der Waals surface area contributed by atoms with Gasteiger partial charge in [0.1, 0.15) is 0 Å². The van der Waals surface area contributed by atoms with Crippen LogP contribution in [0.3, 0.4) is 0 Å². The van der Waals surface area contributed by atoms with Crippen molar-refractivity contribution < 1.29 is 10.2 Å². The molecular weight excluding hydrogens is 214 g/mol. The van der Waals surface area contributed by atoms with E-state index >= 15 is 0 Å². The third-order valence-electron chi connectivity index (χ3n) is 4.10. The van der Waals surface area contributed by atoms with Gasteiger partial charge < -0.3 is 15.1 Å². The second-order valence-corrected chi connectivity index (χ2v) is 5.81. The predicted molar refractivity (Wildman–Crippen MR) is 70.9 cm³/mol. The summed E-state index contributed by atoms with van der Waals surface area (Å²) in [4.78, 5) is 2.25. The Labute approximate surface area is 106 Å². The van der Waals surface area contributed by atoms with E-state index in [1.807, 2.05) is 6.92 Å². The van der Waals surface area contributed by atoms with Crippen molar-refractivity contribution in [3.8, 4) is 0 Å². The first-order valence-corrected chi connectivity index (χ1v) is 7.07. The smallest absolute Gasteiger partial charge is 0.0580 e. The van der Waals surface area contributed by atoms with E-state index in [-0.39, 0.29) is 12.2 Å². The highest BCUT2D eigenvalue weighted by Gasteiger charge is 2.28. The Bertz CT molecular complexity index is 208. The van der Waals surface area contributed by atoms with Crippen LogP contribution < -0.4 is 0 Å². The molecule has 3 heteroatoms.